The Morgan fingerprint density at radius 2 is 1.73 bits per heavy atom. The highest BCUT2D eigenvalue weighted by molar-refractivity contribution is 5.93. The maximum atomic E-state index is 4.77. The number of benzene rings is 2. The number of nitrogens with zero attached hydrogens (tertiary/aromatic N) is 3. The van der Waals surface area contributed by atoms with Crippen LogP contribution in [0.4, 0.5) is 11.5 Å². The van der Waals surface area contributed by atoms with E-state index in [0.717, 1.165) is 33.5 Å². The highest BCUT2D eigenvalue weighted by atomic mass is 15.0. The van der Waals surface area contributed by atoms with Crippen molar-refractivity contribution >= 4 is 33.3 Å². The fourth-order valence-corrected chi connectivity index (χ4v) is 3.06. The molecule has 2 aromatic carbocycles. The van der Waals surface area contributed by atoms with Gasteiger partial charge in [0.25, 0.3) is 0 Å². The van der Waals surface area contributed by atoms with Crippen molar-refractivity contribution in [1.82, 2.24) is 19.9 Å². The normalized spacial score (nSPS) is 11.1. The van der Waals surface area contributed by atoms with Crippen LogP contribution in [0, 0.1) is 0 Å². The van der Waals surface area contributed by atoms with E-state index in [-0.39, 0.29) is 0 Å². The number of hydrogen-bond donors (Lipinski definition) is 2. The molecule has 5 rings (SSSR count). The van der Waals surface area contributed by atoms with Crippen molar-refractivity contribution < 1.29 is 0 Å². The summed E-state index contributed by atoms with van der Waals surface area (Å²) in [6.07, 6.45) is 5.44. The highest BCUT2D eigenvalue weighted by Gasteiger charge is 2.10. The molecular weight excluding hydrogens is 322 g/mol. The van der Waals surface area contributed by atoms with Gasteiger partial charge in [-0.15, -0.1) is 0 Å². The molecule has 0 radical (unpaired) electrons. The number of nitrogens with one attached hydrogen (secondary N) is 2. The third-order valence-corrected chi connectivity index (χ3v) is 4.36. The van der Waals surface area contributed by atoms with Crippen LogP contribution in [0.15, 0.2) is 79.3 Å². The summed E-state index contributed by atoms with van der Waals surface area (Å²) < 4.78 is 0. The van der Waals surface area contributed by atoms with E-state index in [4.69, 9.17) is 9.97 Å². The lowest BCUT2D eigenvalue weighted by atomic mass is 10.2. The Morgan fingerprint density at radius 1 is 0.846 bits per heavy atom. The number of aromatic nitrogens is 4. The second-order valence-corrected chi connectivity index (χ2v) is 6.05. The Hall–Kier alpha value is -3.73. The molecule has 0 amide bonds. The Labute approximate surface area is 149 Å². The predicted molar refractivity (Wildman–Crippen MR) is 104 cm³/mol. The molecule has 0 unspecified atom stereocenters. The predicted octanol–water partition coefficient (Wildman–Crippen LogP) is 4.92. The van der Waals surface area contributed by atoms with Crippen LogP contribution in [0.2, 0.25) is 0 Å². The molecule has 3 heterocycles. The van der Waals surface area contributed by atoms with Crippen LogP contribution in [-0.2, 0) is 0 Å². The van der Waals surface area contributed by atoms with Crippen molar-refractivity contribution in [1.29, 1.82) is 0 Å². The second kappa shape index (κ2) is 5.97. The van der Waals surface area contributed by atoms with Crippen LogP contribution in [0.25, 0.3) is 33.2 Å². The molecule has 2 N–H and O–H groups in total. The molecule has 0 bridgehead atoms. The number of aromatic amines is 1. The SMILES string of the molecule is c1ccc2c(Nc3ccc4cc[nH]c4c3)nc(-c3ccncc3)nc2c1. The molecule has 0 atom stereocenters. The maximum Gasteiger partial charge on any atom is 0.162 e. The Bertz CT molecular complexity index is 1210. The molecule has 5 aromatic rings. The first-order chi connectivity index (χ1) is 12.9. The molecular formula is C21H15N5. The lowest BCUT2D eigenvalue weighted by Crippen LogP contribution is -1.99. The summed E-state index contributed by atoms with van der Waals surface area (Å²) in [5.74, 6) is 1.46. The van der Waals surface area contributed by atoms with Crippen LogP contribution in [0.1, 0.15) is 0 Å². The first kappa shape index (κ1) is 14.6. The quantitative estimate of drug-likeness (QED) is 0.490. The van der Waals surface area contributed by atoms with E-state index in [0.29, 0.717) is 5.82 Å². The number of anilines is 2. The fourth-order valence-electron chi connectivity index (χ4n) is 3.06. The van der Waals surface area contributed by atoms with Gasteiger partial charge in [-0.25, -0.2) is 9.97 Å². The molecule has 3 aromatic heterocycles. The minimum Gasteiger partial charge on any atom is -0.361 e. The zero-order chi connectivity index (χ0) is 17.3. The van der Waals surface area contributed by atoms with Gasteiger partial charge in [-0.1, -0.05) is 18.2 Å². The fraction of sp³-hybridized carbons (Fsp3) is 0. The molecule has 0 fully saturated rings. The van der Waals surface area contributed by atoms with E-state index in [1.54, 1.807) is 12.4 Å². The van der Waals surface area contributed by atoms with Gasteiger partial charge in [0.15, 0.2) is 5.82 Å². The number of fused-ring (bicyclic) bond motifs is 2. The Balaban J connectivity index is 1.65. The van der Waals surface area contributed by atoms with E-state index >= 15 is 0 Å². The van der Waals surface area contributed by atoms with Crippen LogP contribution in [0.5, 0.6) is 0 Å². The van der Waals surface area contributed by atoms with Gasteiger partial charge in [0.1, 0.15) is 5.82 Å². The molecule has 0 spiro atoms. The minimum atomic E-state index is 0.676. The average Bonchev–Trinajstić information content (AvgIpc) is 3.16. The van der Waals surface area contributed by atoms with Gasteiger partial charge in [0.2, 0.25) is 0 Å². The lowest BCUT2D eigenvalue weighted by Gasteiger charge is -2.11. The van der Waals surface area contributed by atoms with Crippen molar-refractivity contribution in [2.75, 3.05) is 5.32 Å². The average molecular weight is 337 g/mol. The van der Waals surface area contributed by atoms with Gasteiger partial charge in [-0.2, -0.15) is 0 Å². The summed E-state index contributed by atoms with van der Waals surface area (Å²) in [6, 6.07) is 20.1. The lowest BCUT2D eigenvalue weighted by molar-refractivity contribution is 1.21. The third-order valence-electron chi connectivity index (χ3n) is 4.36. The van der Waals surface area contributed by atoms with Crippen LogP contribution >= 0.6 is 0 Å². The zero-order valence-corrected chi connectivity index (χ0v) is 13.8. The van der Waals surface area contributed by atoms with Crippen molar-refractivity contribution in [3.05, 3.63) is 79.3 Å². The summed E-state index contributed by atoms with van der Waals surface area (Å²) in [5.41, 5.74) is 3.90. The van der Waals surface area contributed by atoms with Gasteiger partial charge >= 0.3 is 0 Å². The largest absolute Gasteiger partial charge is 0.361 e. The first-order valence-corrected chi connectivity index (χ1v) is 8.38. The van der Waals surface area contributed by atoms with Crippen molar-refractivity contribution in [3.63, 3.8) is 0 Å². The molecule has 0 aliphatic carbocycles. The molecule has 0 saturated carbocycles. The van der Waals surface area contributed by atoms with E-state index in [1.165, 1.54) is 5.39 Å². The minimum absolute atomic E-state index is 0.676. The van der Waals surface area contributed by atoms with Gasteiger partial charge < -0.3 is 10.3 Å². The molecule has 124 valence electrons. The zero-order valence-electron chi connectivity index (χ0n) is 13.8. The topological polar surface area (TPSA) is 66.5 Å². The van der Waals surface area contributed by atoms with Crippen LogP contribution in [-0.4, -0.2) is 19.9 Å². The number of H-pyrrole nitrogens is 1. The van der Waals surface area contributed by atoms with Gasteiger partial charge in [-0.3, -0.25) is 4.98 Å². The van der Waals surface area contributed by atoms with Gasteiger partial charge in [0, 0.05) is 40.7 Å². The van der Waals surface area contributed by atoms with Crippen LogP contribution in [0.3, 0.4) is 0 Å². The molecule has 0 saturated heterocycles. The standard InChI is InChI=1S/C21H15N5/c1-2-4-18-17(3-1)21(26-20(25-18)15-7-10-22-11-8-15)24-16-6-5-14-9-12-23-19(14)13-16/h1-13,23H,(H,24,25,26). The number of hydrogen-bond acceptors (Lipinski definition) is 4. The molecule has 5 nitrogen and oxygen atoms in total. The van der Waals surface area contributed by atoms with E-state index in [9.17, 15) is 0 Å². The molecule has 5 heteroatoms. The van der Waals surface area contributed by atoms with E-state index < -0.39 is 0 Å². The Morgan fingerprint density at radius 3 is 2.65 bits per heavy atom. The molecule has 0 aliphatic heterocycles. The summed E-state index contributed by atoms with van der Waals surface area (Å²) in [7, 11) is 0. The number of rotatable bonds is 3. The highest BCUT2D eigenvalue weighted by Crippen LogP contribution is 2.28. The third kappa shape index (κ3) is 2.56. The molecule has 0 aliphatic rings. The number of para-hydroxylation sites is 1. The Kier molecular flexibility index (Phi) is 3.35. The van der Waals surface area contributed by atoms with Crippen molar-refractivity contribution in [2.45, 2.75) is 0 Å². The monoisotopic (exact) mass is 337 g/mol. The summed E-state index contributed by atoms with van der Waals surface area (Å²) in [4.78, 5) is 16.8. The molecule has 26 heavy (non-hydrogen) atoms. The van der Waals surface area contributed by atoms with Crippen molar-refractivity contribution in [3.8, 4) is 11.4 Å². The number of pyridine rings is 1. The van der Waals surface area contributed by atoms with Crippen molar-refractivity contribution in [2.24, 2.45) is 0 Å². The summed E-state index contributed by atoms with van der Waals surface area (Å²) in [5, 5.41) is 5.62. The second-order valence-electron chi connectivity index (χ2n) is 6.05. The smallest absolute Gasteiger partial charge is 0.162 e. The first-order valence-electron chi connectivity index (χ1n) is 8.38. The van der Waals surface area contributed by atoms with Crippen LogP contribution < -0.4 is 5.32 Å². The summed E-state index contributed by atoms with van der Waals surface area (Å²) >= 11 is 0. The van der Waals surface area contributed by atoms with E-state index in [2.05, 4.69) is 39.6 Å². The van der Waals surface area contributed by atoms with Gasteiger partial charge in [-0.05, 0) is 47.9 Å². The maximum absolute atomic E-state index is 4.77. The summed E-state index contributed by atoms with van der Waals surface area (Å²) in [6.45, 7) is 0. The van der Waals surface area contributed by atoms with E-state index in [1.807, 2.05) is 42.6 Å². The van der Waals surface area contributed by atoms with Gasteiger partial charge in [0.05, 0.1) is 5.52 Å².